The molecule has 0 bridgehead atoms. The molecule has 0 aliphatic heterocycles. The van der Waals surface area contributed by atoms with Crippen molar-refractivity contribution in [1.82, 2.24) is 14.8 Å². The summed E-state index contributed by atoms with van der Waals surface area (Å²) in [5.41, 5.74) is 0. The Balaban J connectivity index is 2.84. The highest BCUT2D eigenvalue weighted by molar-refractivity contribution is 4.73. The van der Waals surface area contributed by atoms with Gasteiger partial charge in [0.25, 0.3) is 0 Å². The number of aliphatic hydroxyl groups is 1. The zero-order valence-corrected chi connectivity index (χ0v) is 4.57. The van der Waals surface area contributed by atoms with Gasteiger partial charge in [0.1, 0.15) is 18.9 Å². The van der Waals surface area contributed by atoms with Crippen LogP contribution in [0.1, 0.15) is 5.82 Å². The van der Waals surface area contributed by atoms with E-state index in [9.17, 15) is 0 Å². The summed E-state index contributed by atoms with van der Waals surface area (Å²) < 4.78 is 1.36. The molecule has 0 spiro atoms. The Morgan fingerprint density at radius 1 is 1.88 bits per heavy atom. The predicted octanol–water partition coefficient (Wildman–Crippen LogP) is -0.464. The fraction of sp³-hybridized carbons (Fsp3) is 0.500. The molecule has 0 aromatic carbocycles. The second kappa shape index (κ2) is 1.92. The molecule has 1 heterocycles. The van der Waals surface area contributed by atoms with Gasteiger partial charge in [0.15, 0.2) is 0 Å². The zero-order valence-electron chi connectivity index (χ0n) is 4.57. The van der Waals surface area contributed by atoms with Crippen LogP contribution < -0.4 is 0 Å². The highest BCUT2D eigenvalue weighted by atomic mass is 16.3. The Morgan fingerprint density at radius 2 is 2.62 bits per heavy atom. The Bertz CT molecular complexity index is 172. The summed E-state index contributed by atoms with van der Waals surface area (Å²) in [5.74, 6) is 0.680. The predicted molar refractivity (Wildman–Crippen MR) is 27.0 cm³/mol. The molecular formula is C4H7N3O. The lowest BCUT2D eigenvalue weighted by atomic mass is 10.8. The molecule has 0 aliphatic carbocycles. The molecule has 0 saturated carbocycles. The van der Waals surface area contributed by atoms with Crippen molar-refractivity contribution in [3.05, 3.63) is 12.2 Å². The van der Waals surface area contributed by atoms with Gasteiger partial charge in [-0.15, -0.1) is 0 Å². The van der Waals surface area contributed by atoms with Gasteiger partial charge in [-0.2, -0.15) is 5.10 Å². The lowest BCUT2D eigenvalue weighted by molar-refractivity contribution is 0.194. The lowest BCUT2D eigenvalue weighted by Crippen LogP contribution is -1.95. The molecule has 0 amide bonds. The maximum absolute atomic E-state index is 8.41. The van der Waals surface area contributed by atoms with Gasteiger partial charge >= 0.3 is 0 Å². The third-order valence-electron chi connectivity index (χ3n) is 0.796. The molecule has 1 aromatic heterocycles. The highest BCUT2D eigenvalue weighted by Crippen LogP contribution is 1.82. The fourth-order valence-electron chi connectivity index (χ4n) is 0.456. The van der Waals surface area contributed by atoms with Gasteiger partial charge in [-0.3, -0.25) is 0 Å². The Kier molecular flexibility index (Phi) is 1.26. The van der Waals surface area contributed by atoms with E-state index in [4.69, 9.17) is 5.11 Å². The Hall–Kier alpha value is -0.900. The molecular weight excluding hydrogens is 106 g/mol. The number of hydrogen-bond acceptors (Lipinski definition) is 3. The molecule has 0 saturated heterocycles. The maximum atomic E-state index is 8.41. The molecule has 0 aliphatic rings. The lowest BCUT2D eigenvalue weighted by Gasteiger charge is -1.86. The smallest absolute Gasteiger partial charge is 0.147 e. The second-order valence-electron chi connectivity index (χ2n) is 1.47. The van der Waals surface area contributed by atoms with Crippen molar-refractivity contribution in [2.24, 2.45) is 0 Å². The van der Waals surface area contributed by atoms with Crippen LogP contribution in [0.5, 0.6) is 0 Å². The van der Waals surface area contributed by atoms with Crippen LogP contribution in [0.15, 0.2) is 6.33 Å². The van der Waals surface area contributed by atoms with E-state index in [1.54, 1.807) is 6.92 Å². The van der Waals surface area contributed by atoms with E-state index in [0.29, 0.717) is 5.82 Å². The van der Waals surface area contributed by atoms with Crippen LogP contribution >= 0.6 is 0 Å². The summed E-state index contributed by atoms with van der Waals surface area (Å²) in [7, 11) is 0. The SMILES string of the molecule is Cc1ncn(CO)n1. The first-order chi connectivity index (χ1) is 3.83. The highest BCUT2D eigenvalue weighted by Gasteiger charge is 1.88. The molecule has 0 fully saturated rings. The van der Waals surface area contributed by atoms with Gasteiger partial charge in [-0.1, -0.05) is 0 Å². The molecule has 4 heteroatoms. The third kappa shape index (κ3) is 0.840. The molecule has 0 unspecified atom stereocenters. The molecule has 8 heavy (non-hydrogen) atoms. The standard InChI is InChI=1S/C4H7N3O/c1-4-5-2-7(3-8)6-4/h2,8H,3H2,1H3. The average molecular weight is 113 g/mol. The Labute approximate surface area is 46.8 Å². The minimum atomic E-state index is -0.0964. The molecule has 44 valence electrons. The fourth-order valence-corrected chi connectivity index (χ4v) is 0.456. The first-order valence-corrected chi connectivity index (χ1v) is 2.30. The van der Waals surface area contributed by atoms with Gasteiger partial charge in [-0.25, -0.2) is 9.67 Å². The van der Waals surface area contributed by atoms with Gasteiger partial charge in [0, 0.05) is 0 Å². The zero-order chi connectivity index (χ0) is 5.98. The van der Waals surface area contributed by atoms with Crippen molar-refractivity contribution in [1.29, 1.82) is 0 Å². The van der Waals surface area contributed by atoms with Crippen LogP contribution in [0.25, 0.3) is 0 Å². The molecule has 1 aromatic rings. The number of rotatable bonds is 1. The summed E-state index contributed by atoms with van der Waals surface area (Å²) in [6.07, 6.45) is 1.48. The number of hydrogen-bond donors (Lipinski definition) is 1. The van der Waals surface area contributed by atoms with E-state index in [1.807, 2.05) is 0 Å². The van der Waals surface area contributed by atoms with Crippen LogP contribution in [-0.2, 0) is 6.73 Å². The van der Waals surface area contributed by atoms with Crippen molar-refractivity contribution in [2.75, 3.05) is 0 Å². The van der Waals surface area contributed by atoms with E-state index in [0.717, 1.165) is 0 Å². The van der Waals surface area contributed by atoms with Gasteiger partial charge in [0.2, 0.25) is 0 Å². The van der Waals surface area contributed by atoms with Gasteiger partial charge in [-0.05, 0) is 6.92 Å². The van der Waals surface area contributed by atoms with Crippen molar-refractivity contribution in [3.63, 3.8) is 0 Å². The molecule has 1 rings (SSSR count). The summed E-state index contributed by atoms with van der Waals surface area (Å²) in [5, 5.41) is 12.2. The van der Waals surface area contributed by atoms with Crippen molar-refractivity contribution >= 4 is 0 Å². The quantitative estimate of drug-likeness (QED) is 0.536. The summed E-state index contributed by atoms with van der Waals surface area (Å²) in [4.78, 5) is 3.78. The van der Waals surface area contributed by atoms with Crippen LogP contribution in [0.3, 0.4) is 0 Å². The largest absolute Gasteiger partial charge is 0.374 e. The Morgan fingerprint density at radius 3 is 2.88 bits per heavy atom. The normalized spacial score (nSPS) is 9.75. The van der Waals surface area contributed by atoms with E-state index in [-0.39, 0.29) is 6.73 Å². The van der Waals surface area contributed by atoms with Gasteiger partial charge < -0.3 is 5.11 Å². The van der Waals surface area contributed by atoms with E-state index >= 15 is 0 Å². The van der Waals surface area contributed by atoms with Crippen molar-refractivity contribution in [3.8, 4) is 0 Å². The molecule has 0 atom stereocenters. The first kappa shape index (κ1) is 5.24. The third-order valence-corrected chi connectivity index (χ3v) is 0.796. The van der Waals surface area contributed by atoms with Gasteiger partial charge in [0.05, 0.1) is 0 Å². The van der Waals surface area contributed by atoms with E-state index in [1.165, 1.54) is 11.0 Å². The van der Waals surface area contributed by atoms with E-state index < -0.39 is 0 Å². The number of aryl methyl sites for hydroxylation is 1. The minimum absolute atomic E-state index is 0.0964. The van der Waals surface area contributed by atoms with Crippen LogP contribution in [-0.4, -0.2) is 19.9 Å². The van der Waals surface area contributed by atoms with Crippen LogP contribution in [0.2, 0.25) is 0 Å². The second-order valence-corrected chi connectivity index (χ2v) is 1.47. The maximum Gasteiger partial charge on any atom is 0.147 e. The molecule has 1 N–H and O–H groups in total. The summed E-state index contributed by atoms with van der Waals surface area (Å²) in [6, 6.07) is 0. The van der Waals surface area contributed by atoms with Crippen LogP contribution in [0.4, 0.5) is 0 Å². The number of aromatic nitrogens is 3. The van der Waals surface area contributed by atoms with Crippen molar-refractivity contribution < 1.29 is 5.11 Å². The topological polar surface area (TPSA) is 50.9 Å². The minimum Gasteiger partial charge on any atom is -0.374 e. The molecule has 0 radical (unpaired) electrons. The van der Waals surface area contributed by atoms with Crippen LogP contribution in [0, 0.1) is 6.92 Å². The first-order valence-electron chi connectivity index (χ1n) is 2.30. The van der Waals surface area contributed by atoms with Crippen molar-refractivity contribution in [2.45, 2.75) is 13.7 Å². The summed E-state index contributed by atoms with van der Waals surface area (Å²) >= 11 is 0. The summed E-state index contributed by atoms with van der Waals surface area (Å²) in [6.45, 7) is 1.67. The number of aliphatic hydroxyl groups excluding tert-OH is 1. The van der Waals surface area contributed by atoms with E-state index in [2.05, 4.69) is 10.1 Å². The average Bonchev–Trinajstić information content (AvgIpc) is 2.14. The monoisotopic (exact) mass is 113 g/mol. The number of nitrogens with zero attached hydrogens (tertiary/aromatic N) is 3. The molecule has 4 nitrogen and oxygen atoms in total.